The Hall–Kier alpha value is -1.87. The van der Waals surface area contributed by atoms with Crippen LogP contribution >= 0.6 is 23.1 Å². The number of thiophene rings is 1. The molecule has 1 atom stereocenters. The second kappa shape index (κ2) is 7.17. The lowest BCUT2D eigenvalue weighted by molar-refractivity contribution is -0.119. The fourth-order valence-electron chi connectivity index (χ4n) is 2.84. The van der Waals surface area contributed by atoms with Gasteiger partial charge in [-0.1, -0.05) is 11.8 Å². The lowest BCUT2D eigenvalue weighted by Crippen LogP contribution is -2.42. The van der Waals surface area contributed by atoms with Crippen molar-refractivity contribution in [3.63, 3.8) is 0 Å². The maximum Gasteiger partial charge on any atom is 0.321 e. The smallest absolute Gasteiger partial charge is 0.321 e. The second-order valence-corrected chi connectivity index (χ2v) is 8.30. The molecule has 1 aliphatic carbocycles. The normalized spacial score (nSPS) is 14.4. The first-order valence-electron chi connectivity index (χ1n) is 8.19. The first-order valence-corrected chi connectivity index (χ1v) is 9.88. The summed E-state index contributed by atoms with van der Waals surface area (Å²) in [5.74, 6) is -0.418. The summed E-state index contributed by atoms with van der Waals surface area (Å²) < 4.78 is 1.49. The molecule has 0 radical (unpaired) electrons. The Labute approximate surface area is 153 Å². The molecule has 9 heteroatoms. The van der Waals surface area contributed by atoms with Crippen molar-refractivity contribution >= 4 is 45.3 Å². The number of hydrogen-bond donors (Lipinski definition) is 2. The number of nitrogens with zero attached hydrogens (tertiary/aromatic N) is 2. The minimum absolute atomic E-state index is 0.0664. The Balaban J connectivity index is 1.84. The summed E-state index contributed by atoms with van der Waals surface area (Å²) in [6, 6.07) is -0.521. The molecule has 2 N–H and O–H groups in total. The van der Waals surface area contributed by atoms with Gasteiger partial charge in [0.2, 0.25) is 5.91 Å². The van der Waals surface area contributed by atoms with Gasteiger partial charge in [0, 0.05) is 18.5 Å². The molecule has 2 aromatic rings. The molecule has 1 unspecified atom stereocenters. The maximum atomic E-state index is 12.7. The Morgan fingerprint density at radius 3 is 2.88 bits per heavy atom. The molecule has 7 nitrogen and oxygen atoms in total. The predicted molar refractivity (Wildman–Crippen MR) is 99.4 cm³/mol. The van der Waals surface area contributed by atoms with Gasteiger partial charge in [-0.05, 0) is 38.7 Å². The van der Waals surface area contributed by atoms with E-state index in [9.17, 15) is 14.4 Å². The van der Waals surface area contributed by atoms with Crippen molar-refractivity contribution in [1.82, 2.24) is 20.2 Å². The average molecular weight is 380 g/mol. The van der Waals surface area contributed by atoms with Crippen LogP contribution in [0.4, 0.5) is 4.79 Å². The van der Waals surface area contributed by atoms with Gasteiger partial charge in [-0.2, -0.15) is 0 Å². The van der Waals surface area contributed by atoms with E-state index in [1.165, 1.54) is 21.2 Å². The molecule has 0 aromatic carbocycles. The third-order valence-electron chi connectivity index (χ3n) is 4.13. The van der Waals surface area contributed by atoms with E-state index >= 15 is 0 Å². The monoisotopic (exact) mass is 380 g/mol. The van der Waals surface area contributed by atoms with Crippen LogP contribution in [-0.4, -0.2) is 33.3 Å². The van der Waals surface area contributed by atoms with Crippen molar-refractivity contribution in [1.29, 1.82) is 0 Å². The second-order valence-electron chi connectivity index (χ2n) is 5.90. The van der Waals surface area contributed by atoms with E-state index in [0.29, 0.717) is 11.7 Å². The summed E-state index contributed by atoms with van der Waals surface area (Å²) >= 11 is 2.75. The quantitative estimate of drug-likeness (QED) is 0.623. The number of carbonyl (C=O) groups is 2. The summed E-state index contributed by atoms with van der Waals surface area (Å²) in [5, 5.41) is 5.45. The molecule has 2 aromatic heterocycles. The molecule has 25 heavy (non-hydrogen) atoms. The van der Waals surface area contributed by atoms with E-state index in [2.05, 4.69) is 15.6 Å². The molecule has 0 saturated heterocycles. The Morgan fingerprint density at radius 2 is 2.16 bits per heavy atom. The van der Waals surface area contributed by atoms with Crippen LogP contribution in [0.25, 0.3) is 10.2 Å². The molecule has 0 spiro atoms. The van der Waals surface area contributed by atoms with E-state index in [4.69, 9.17) is 0 Å². The Bertz CT molecular complexity index is 903. The van der Waals surface area contributed by atoms with Crippen LogP contribution in [-0.2, 0) is 24.7 Å². The summed E-state index contributed by atoms with van der Waals surface area (Å²) in [7, 11) is 1.67. The molecule has 3 amide bonds. The fourth-order valence-corrected chi connectivity index (χ4v) is 5.02. The fraction of sp³-hybridized carbons (Fsp3) is 0.500. The van der Waals surface area contributed by atoms with Gasteiger partial charge in [0.1, 0.15) is 4.83 Å². The minimum Gasteiger partial charge on any atom is -0.338 e. The number of nitrogens with one attached hydrogen (secondary N) is 2. The van der Waals surface area contributed by atoms with E-state index < -0.39 is 17.2 Å². The number of imide groups is 1. The van der Waals surface area contributed by atoms with Crippen LogP contribution in [0, 0.1) is 0 Å². The lowest BCUT2D eigenvalue weighted by Gasteiger charge is -2.13. The molecular weight excluding hydrogens is 360 g/mol. The Morgan fingerprint density at radius 1 is 1.40 bits per heavy atom. The highest BCUT2D eigenvalue weighted by atomic mass is 32.2. The van der Waals surface area contributed by atoms with Gasteiger partial charge in [-0.15, -0.1) is 11.3 Å². The van der Waals surface area contributed by atoms with Crippen LogP contribution in [0.15, 0.2) is 9.95 Å². The summed E-state index contributed by atoms with van der Waals surface area (Å²) in [6.45, 7) is 3.90. The molecule has 134 valence electrons. The number of urea groups is 1. The van der Waals surface area contributed by atoms with Crippen LogP contribution < -0.4 is 16.2 Å². The van der Waals surface area contributed by atoms with Crippen molar-refractivity contribution in [2.45, 2.75) is 43.5 Å². The van der Waals surface area contributed by atoms with Crippen LogP contribution in [0.1, 0.15) is 30.7 Å². The summed E-state index contributed by atoms with van der Waals surface area (Å²) in [6.07, 6.45) is 3.03. The van der Waals surface area contributed by atoms with Gasteiger partial charge in [0.25, 0.3) is 5.56 Å². The number of hydrogen-bond acceptors (Lipinski definition) is 6. The molecule has 0 bridgehead atoms. The minimum atomic E-state index is -0.551. The van der Waals surface area contributed by atoms with E-state index in [0.717, 1.165) is 35.0 Å². The zero-order chi connectivity index (χ0) is 18.1. The van der Waals surface area contributed by atoms with Gasteiger partial charge in [-0.3, -0.25) is 19.5 Å². The van der Waals surface area contributed by atoms with Crippen LogP contribution in [0.2, 0.25) is 0 Å². The molecule has 0 saturated carbocycles. The molecular formula is C16H20N4O3S2. The summed E-state index contributed by atoms with van der Waals surface area (Å²) in [5.41, 5.74) is 1.08. The maximum absolute atomic E-state index is 12.7. The predicted octanol–water partition coefficient (Wildman–Crippen LogP) is 1.81. The number of carbonyl (C=O) groups excluding carboxylic acids is 2. The van der Waals surface area contributed by atoms with E-state index in [1.54, 1.807) is 32.2 Å². The average Bonchev–Trinajstić information content (AvgIpc) is 3.12. The van der Waals surface area contributed by atoms with Gasteiger partial charge in [0.15, 0.2) is 5.16 Å². The third-order valence-corrected chi connectivity index (χ3v) is 6.46. The van der Waals surface area contributed by atoms with Gasteiger partial charge in [0.05, 0.1) is 10.6 Å². The van der Waals surface area contributed by atoms with E-state index in [-0.39, 0.29) is 5.56 Å². The van der Waals surface area contributed by atoms with Crippen molar-refractivity contribution in [2.75, 3.05) is 6.54 Å². The highest BCUT2D eigenvalue weighted by molar-refractivity contribution is 8.00. The molecule has 2 heterocycles. The molecule has 3 rings (SSSR count). The molecule has 1 aliphatic rings. The largest absolute Gasteiger partial charge is 0.338 e. The molecule has 0 fully saturated rings. The van der Waals surface area contributed by atoms with Crippen LogP contribution in [0.5, 0.6) is 0 Å². The number of aryl methyl sites for hydroxylation is 2. The Kier molecular flexibility index (Phi) is 5.14. The van der Waals surface area contributed by atoms with Crippen molar-refractivity contribution in [3.05, 3.63) is 20.8 Å². The lowest BCUT2D eigenvalue weighted by atomic mass is 10.2. The van der Waals surface area contributed by atoms with Crippen molar-refractivity contribution in [3.8, 4) is 0 Å². The SMILES string of the molecule is CCNC(=O)NC(=O)C(C)Sc1nc2sc3c(c2c(=O)n1C)CCC3. The van der Waals surface area contributed by atoms with Gasteiger partial charge in [-0.25, -0.2) is 9.78 Å². The van der Waals surface area contributed by atoms with Crippen molar-refractivity contribution < 1.29 is 9.59 Å². The highest BCUT2D eigenvalue weighted by Crippen LogP contribution is 2.35. The third kappa shape index (κ3) is 3.43. The molecule has 0 aliphatic heterocycles. The number of rotatable bonds is 4. The van der Waals surface area contributed by atoms with Gasteiger partial charge >= 0.3 is 6.03 Å². The number of amides is 3. The number of aromatic nitrogens is 2. The van der Waals surface area contributed by atoms with E-state index in [1.807, 2.05) is 0 Å². The van der Waals surface area contributed by atoms with Gasteiger partial charge < -0.3 is 5.32 Å². The standard InChI is InChI=1S/C16H20N4O3S2/c1-4-17-15(23)18-12(21)8(2)24-16-19-13-11(14(22)20(16)3)9-6-5-7-10(9)25-13/h8H,4-7H2,1-3H3,(H2,17,18,21,23). The van der Waals surface area contributed by atoms with Crippen molar-refractivity contribution in [2.24, 2.45) is 7.05 Å². The number of thioether (sulfide) groups is 1. The zero-order valence-electron chi connectivity index (χ0n) is 14.3. The highest BCUT2D eigenvalue weighted by Gasteiger charge is 2.24. The first-order chi connectivity index (χ1) is 11.9. The van der Waals surface area contributed by atoms with Crippen LogP contribution in [0.3, 0.4) is 0 Å². The zero-order valence-corrected chi connectivity index (χ0v) is 16.0. The summed E-state index contributed by atoms with van der Waals surface area (Å²) in [4.78, 5) is 42.9. The topological polar surface area (TPSA) is 93.1 Å². The first kappa shape index (κ1) is 17.9. The number of fused-ring (bicyclic) bond motifs is 3.